The molecule has 0 radical (unpaired) electrons. The van der Waals surface area contributed by atoms with Crippen molar-refractivity contribution in [3.8, 4) is 0 Å². The molecule has 0 aromatic heterocycles. The monoisotopic (exact) mass is 137 g/mol. The van der Waals surface area contributed by atoms with E-state index in [-0.39, 0.29) is 0 Å². The maximum atomic E-state index is 4.39. The van der Waals surface area contributed by atoms with Gasteiger partial charge in [-0.15, -0.1) is 0 Å². The van der Waals surface area contributed by atoms with Crippen LogP contribution in [0.3, 0.4) is 0 Å². The van der Waals surface area contributed by atoms with Crippen LogP contribution in [-0.4, -0.2) is 12.3 Å². The highest BCUT2D eigenvalue weighted by molar-refractivity contribution is 5.57. The van der Waals surface area contributed by atoms with Crippen LogP contribution in [0, 0.1) is 0 Å². The molecular formula is C9H15N. The number of rotatable bonds is 2. The smallest absolute Gasteiger partial charge is 0.0676 e. The lowest BCUT2D eigenvalue weighted by atomic mass is 10.0. The highest BCUT2D eigenvalue weighted by Gasteiger charge is 2.03. The van der Waals surface area contributed by atoms with E-state index in [1.54, 1.807) is 0 Å². The van der Waals surface area contributed by atoms with Crippen molar-refractivity contribution in [2.45, 2.75) is 38.6 Å². The van der Waals surface area contributed by atoms with Gasteiger partial charge in [0.15, 0.2) is 0 Å². The van der Waals surface area contributed by atoms with Crippen LogP contribution in [0.4, 0.5) is 0 Å². The molecule has 0 aromatic rings. The Balaban J connectivity index is 2.32. The van der Waals surface area contributed by atoms with Crippen molar-refractivity contribution in [2.75, 3.05) is 0 Å². The van der Waals surface area contributed by atoms with Crippen molar-refractivity contribution < 1.29 is 0 Å². The molecule has 10 heavy (non-hydrogen) atoms. The summed E-state index contributed by atoms with van der Waals surface area (Å²) in [4.78, 5) is 4.39. The largest absolute Gasteiger partial charge is 0.290 e. The molecule has 1 aliphatic carbocycles. The zero-order valence-corrected chi connectivity index (χ0v) is 6.59. The first kappa shape index (κ1) is 7.52. The fourth-order valence-electron chi connectivity index (χ4n) is 1.16. The number of nitrogens with zero attached hydrogens (tertiary/aromatic N) is 1. The molecule has 0 saturated heterocycles. The van der Waals surface area contributed by atoms with E-state index in [4.69, 9.17) is 0 Å². The zero-order chi connectivity index (χ0) is 7.23. The van der Waals surface area contributed by atoms with Crippen LogP contribution in [0.15, 0.2) is 17.1 Å². The van der Waals surface area contributed by atoms with Gasteiger partial charge in [-0.2, -0.15) is 0 Å². The van der Waals surface area contributed by atoms with Gasteiger partial charge in [-0.05, 0) is 31.9 Å². The van der Waals surface area contributed by atoms with Gasteiger partial charge in [0.2, 0.25) is 0 Å². The predicted octanol–water partition coefficient (Wildman–Crippen LogP) is 2.58. The second-order valence-electron chi connectivity index (χ2n) is 2.67. The average Bonchev–Trinajstić information content (AvgIpc) is 2.03. The number of allylic oxidation sites excluding steroid dienone is 1. The Bertz CT molecular complexity index is 136. The molecule has 0 N–H and O–H groups in total. The highest BCUT2D eigenvalue weighted by atomic mass is 14.8. The molecule has 1 rings (SSSR count). The summed E-state index contributed by atoms with van der Waals surface area (Å²) in [5.74, 6) is 0. The van der Waals surface area contributed by atoms with E-state index in [2.05, 4.69) is 24.1 Å². The van der Waals surface area contributed by atoms with E-state index in [0.29, 0.717) is 6.04 Å². The first-order chi connectivity index (χ1) is 4.93. The molecule has 1 aliphatic rings. The summed E-state index contributed by atoms with van der Waals surface area (Å²) in [5.41, 5.74) is 0. The average molecular weight is 137 g/mol. The Kier molecular flexibility index (Phi) is 3.20. The van der Waals surface area contributed by atoms with Crippen LogP contribution in [0.2, 0.25) is 0 Å². The second kappa shape index (κ2) is 4.26. The van der Waals surface area contributed by atoms with E-state index >= 15 is 0 Å². The van der Waals surface area contributed by atoms with Gasteiger partial charge < -0.3 is 0 Å². The Morgan fingerprint density at radius 3 is 3.20 bits per heavy atom. The Hall–Kier alpha value is -0.590. The maximum Gasteiger partial charge on any atom is 0.0676 e. The number of hydrogen-bond acceptors (Lipinski definition) is 1. The molecule has 1 unspecified atom stereocenters. The molecule has 0 saturated carbocycles. The van der Waals surface area contributed by atoms with Crippen LogP contribution >= 0.6 is 0 Å². The minimum atomic E-state index is 0.494. The second-order valence-corrected chi connectivity index (χ2v) is 2.67. The van der Waals surface area contributed by atoms with Crippen LogP contribution in [0.5, 0.6) is 0 Å². The maximum absolute atomic E-state index is 4.39. The minimum absolute atomic E-state index is 0.494. The summed E-state index contributed by atoms with van der Waals surface area (Å²) in [7, 11) is 0. The van der Waals surface area contributed by atoms with Crippen molar-refractivity contribution in [3.63, 3.8) is 0 Å². The van der Waals surface area contributed by atoms with Crippen LogP contribution in [0.1, 0.15) is 32.6 Å². The Morgan fingerprint density at radius 2 is 2.60 bits per heavy atom. The molecule has 0 aromatic carbocycles. The third-order valence-electron chi connectivity index (χ3n) is 1.71. The van der Waals surface area contributed by atoms with Gasteiger partial charge in [0, 0.05) is 0 Å². The summed E-state index contributed by atoms with van der Waals surface area (Å²) < 4.78 is 0. The molecule has 0 bridgehead atoms. The van der Waals surface area contributed by atoms with Gasteiger partial charge in [-0.3, -0.25) is 4.99 Å². The first-order valence-electron chi connectivity index (χ1n) is 4.11. The van der Waals surface area contributed by atoms with Crippen molar-refractivity contribution in [1.29, 1.82) is 0 Å². The quantitative estimate of drug-likeness (QED) is 0.410. The fourth-order valence-corrected chi connectivity index (χ4v) is 1.16. The molecule has 1 heteroatoms. The molecule has 0 aliphatic heterocycles. The van der Waals surface area contributed by atoms with Gasteiger partial charge >= 0.3 is 0 Å². The van der Waals surface area contributed by atoms with E-state index in [9.17, 15) is 0 Å². The summed E-state index contributed by atoms with van der Waals surface area (Å²) in [5, 5.41) is 0. The third kappa shape index (κ3) is 2.34. The summed E-state index contributed by atoms with van der Waals surface area (Å²) in [6, 6.07) is 0.494. The van der Waals surface area contributed by atoms with Crippen LogP contribution < -0.4 is 0 Å². The number of hydrogen-bond donors (Lipinski definition) is 0. The normalized spacial score (nSPS) is 25.9. The molecule has 0 fully saturated rings. The van der Waals surface area contributed by atoms with Crippen molar-refractivity contribution >= 4 is 6.21 Å². The van der Waals surface area contributed by atoms with Crippen LogP contribution in [-0.2, 0) is 0 Å². The molecule has 0 spiro atoms. The summed E-state index contributed by atoms with van der Waals surface area (Å²) in [6.45, 7) is 2.12. The minimum Gasteiger partial charge on any atom is -0.290 e. The molecular weight excluding hydrogens is 122 g/mol. The fraction of sp³-hybridized carbons (Fsp3) is 0.667. The SMILES string of the molecule is CCC=NC1C=CCCC1. The standard InChI is InChI=1S/C9H15N/c1-2-8-10-9-6-4-3-5-7-9/h4,6,8-9H,2-3,5,7H2,1H3. The zero-order valence-electron chi connectivity index (χ0n) is 6.59. The molecule has 0 amide bonds. The Labute approximate surface area is 62.9 Å². The molecule has 1 atom stereocenters. The van der Waals surface area contributed by atoms with Crippen molar-refractivity contribution in [1.82, 2.24) is 0 Å². The molecule has 56 valence electrons. The molecule has 1 nitrogen and oxygen atoms in total. The lowest BCUT2D eigenvalue weighted by Crippen LogP contribution is -2.03. The highest BCUT2D eigenvalue weighted by Crippen LogP contribution is 2.12. The first-order valence-corrected chi connectivity index (χ1v) is 4.11. The van der Waals surface area contributed by atoms with E-state index in [0.717, 1.165) is 6.42 Å². The Morgan fingerprint density at radius 1 is 1.70 bits per heavy atom. The number of aliphatic imine (C=N–C) groups is 1. The summed E-state index contributed by atoms with van der Waals surface area (Å²) >= 11 is 0. The summed E-state index contributed by atoms with van der Waals surface area (Å²) in [6.07, 6.45) is 11.3. The topological polar surface area (TPSA) is 12.4 Å². The van der Waals surface area contributed by atoms with Gasteiger partial charge in [0.1, 0.15) is 0 Å². The van der Waals surface area contributed by atoms with Gasteiger partial charge in [0.05, 0.1) is 6.04 Å². The lowest BCUT2D eigenvalue weighted by Gasteiger charge is -2.10. The van der Waals surface area contributed by atoms with Gasteiger partial charge in [-0.1, -0.05) is 19.1 Å². The molecule has 0 heterocycles. The van der Waals surface area contributed by atoms with Crippen molar-refractivity contribution in [3.05, 3.63) is 12.2 Å². The lowest BCUT2D eigenvalue weighted by molar-refractivity contribution is 0.648. The van der Waals surface area contributed by atoms with E-state index < -0.39 is 0 Å². The van der Waals surface area contributed by atoms with E-state index in [1.807, 2.05) is 6.21 Å². The third-order valence-corrected chi connectivity index (χ3v) is 1.71. The van der Waals surface area contributed by atoms with Gasteiger partial charge in [-0.25, -0.2) is 0 Å². The van der Waals surface area contributed by atoms with Crippen LogP contribution in [0.25, 0.3) is 0 Å². The van der Waals surface area contributed by atoms with E-state index in [1.165, 1.54) is 19.3 Å². The van der Waals surface area contributed by atoms with Crippen molar-refractivity contribution in [2.24, 2.45) is 4.99 Å². The predicted molar refractivity (Wildman–Crippen MR) is 45.6 cm³/mol. The van der Waals surface area contributed by atoms with Gasteiger partial charge in [0.25, 0.3) is 0 Å².